The molecule has 3 atom stereocenters. The van der Waals surface area contributed by atoms with E-state index in [-0.39, 0.29) is 11.5 Å². The van der Waals surface area contributed by atoms with Crippen LogP contribution in [0.15, 0.2) is 48.5 Å². The summed E-state index contributed by atoms with van der Waals surface area (Å²) in [6.45, 7) is 2.23. The minimum Gasteiger partial charge on any atom is -0.508 e. The molecule has 1 saturated carbocycles. The first-order valence-corrected chi connectivity index (χ1v) is 9.54. The topological polar surface area (TPSA) is 32.7 Å². The molecule has 2 aromatic rings. The second kappa shape index (κ2) is 5.77. The molecular formula is C22H25NO2. The summed E-state index contributed by atoms with van der Waals surface area (Å²) in [5.41, 5.74) is 2.79. The Morgan fingerprint density at radius 3 is 2.88 bits per heavy atom. The Balaban J connectivity index is 1.39. The van der Waals surface area contributed by atoms with Gasteiger partial charge in [0.15, 0.2) is 0 Å². The van der Waals surface area contributed by atoms with Crippen molar-refractivity contribution in [1.29, 1.82) is 0 Å². The van der Waals surface area contributed by atoms with E-state index >= 15 is 0 Å². The van der Waals surface area contributed by atoms with E-state index in [1.807, 2.05) is 12.1 Å². The van der Waals surface area contributed by atoms with E-state index in [1.165, 1.54) is 30.4 Å². The maximum atomic E-state index is 9.98. The molecule has 0 amide bonds. The summed E-state index contributed by atoms with van der Waals surface area (Å²) in [6, 6.07) is 16.9. The molecule has 2 heterocycles. The fourth-order valence-electron chi connectivity index (χ4n) is 5.39. The van der Waals surface area contributed by atoms with Crippen LogP contribution in [-0.2, 0) is 11.8 Å². The van der Waals surface area contributed by atoms with E-state index < -0.39 is 0 Å². The van der Waals surface area contributed by atoms with E-state index in [1.54, 1.807) is 6.07 Å². The molecular weight excluding hydrogens is 310 g/mol. The van der Waals surface area contributed by atoms with Crippen molar-refractivity contribution >= 4 is 0 Å². The predicted octanol–water partition coefficient (Wildman–Crippen LogP) is 3.89. The van der Waals surface area contributed by atoms with Crippen LogP contribution >= 0.6 is 0 Å². The lowest BCUT2D eigenvalue weighted by atomic mass is 9.62. The zero-order chi connectivity index (χ0) is 16.9. The second-order valence-electron chi connectivity index (χ2n) is 7.86. The fourth-order valence-corrected chi connectivity index (χ4v) is 5.39. The molecule has 2 aromatic carbocycles. The number of nitrogens with zero attached hydrogens (tertiary/aromatic N) is 1. The molecule has 2 fully saturated rings. The first kappa shape index (κ1) is 15.3. The van der Waals surface area contributed by atoms with Gasteiger partial charge in [0.1, 0.15) is 17.6 Å². The highest BCUT2D eigenvalue weighted by atomic mass is 16.5. The average molecular weight is 335 g/mol. The van der Waals surface area contributed by atoms with E-state index in [0.29, 0.717) is 11.8 Å². The van der Waals surface area contributed by atoms with Crippen LogP contribution in [0.25, 0.3) is 0 Å². The molecule has 1 N–H and O–H groups in total. The number of piperidine rings is 1. The molecule has 1 saturated heterocycles. The lowest BCUT2D eigenvalue weighted by molar-refractivity contribution is -0.0412. The molecule has 2 bridgehead atoms. The monoisotopic (exact) mass is 335 g/mol. The van der Waals surface area contributed by atoms with Crippen molar-refractivity contribution < 1.29 is 9.84 Å². The lowest BCUT2D eigenvalue weighted by Crippen LogP contribution is -2.62. The number of phenols is 1. The van der Waals surface area contributed by atoms with Gasteiger partial charge in [0.25, 0.3) is 0 Å². The van der Waals surface area contributed by atoms with Gasteiger partial charge < -0.3 is 9.84 Å². The minimum atomic E-state index is 0.125. The van der Waals surface area contributed by atoms with Gasteiger partial charge in [-0.1, -0.05) is 36.8 Å². The molecule has 130 valence electrons. The first-order chi connectivity index (χ1) is 12.3. The minimum absolute atomic E-state index is 0.125. The van der Waals surface area contributed by atoms with Crippen LogP contribution in [0.4, 0.5) is 0 Å². The highest BCUT2D eigenvalue weighted by molar-refractivity contribution is 5.50. The third-order valence-electron chi connectivity index (χ3n) is 6.62. The fraction of sp³-hybridized carbons (Fsp3) is 0.455. The first-order valence-electron chi connectivity index (χ1n) is 9.54. The number of hydrogen-bond acceptors (Lipinski definition) is 3. The van der Waals surface area contributed by atoms with Crippen molar-refractivity contribution in [2.75, 3.05) is 13.1 Å². The van der Waals surface area contributed by atoms with Crippen molar-refractivity contribution in [3.8, 4) is 11.5 Å². The Morgan fingerprint density at radius 2 is 2.00 bits per heavy atom. The summed E-state index contributed by atoms with van der Waals surface area (Å²) in [5, 5.41) is 9.98. The zero-order valence-electron chi connectivity index (χ0n) is 14.5. The number of rotatable bonds is 3. The standard InChI is InChI=1S/C22H25NO2/c24-17-8-9-20-18(15-17)22-11-4-7-19(21(22)25-20)23(14-12-22)13-10-16-5-2-1-3-6-16/h1-3,5-6,8-9,15,19,21,24H,4,7,10-14H2/t19-,21+,22-/m0/s1. The Labute approximate surface area is 149 Å². The van der Waals surface area contributed by atoms with Crippen molar-refractivity contribution in [1.82, 2.24) is 4.90 Å². The molecule has 5 rings (SSSR count). The van der Waals surface area contributed by atoms with Crippen LogP contribution in [-0.4, -0.2) is 35.2 Å². The Hall–Kier alpha value is -2.00. The molecule has 3 nitrogen and oxygen atoms in total. The number of benzene rings is 2. The third-order valence-corrected chi connectivity index (χ3v) is 6.62. The average Bonchev–Trinajstić information content (AvgIpc) is 2.97. The van der Waals surface area contributed by atoms with Crippen LogP contribution in [0.2, 0.25) is 0 Å². The summed E-state index contributed by atoms with van der Waals surface area (Å²) in [6.07, 6.45) is 6.16. The van der Waals surface area contributed by atoms with Crippen molar-refractivity contribution in [2.24, 2.45) is 0 Å². The van der Waals surface area contributed by atoms with Gasteiger partial charge in [-0.15, -0.1) is 0 Å². The number of phenolic OH excluding ortho intramolecular Hbond substituents is 1. The van der Waals surface area contributed by atoms with Gasteiger partial charge in [-0.05, 0) is 56.0 Å². The van der Waals surface area contributed by atoms with Crippen LogP contribution in [0, 0.1) is 0 Å². The van der Waals surface area contributed by atoms with Crippen LogP contribution < -0.4 is 4.74 Å². The van der Waals surface area contributed by atoms with Crippen molar-refractivity contribution in [2.45, 2.75) is 49.7 Å². The Morgan fingerprint density at radius 1 is 1.12 bits per heavy atom. The number of hydrogen-bond donors (Lipinski definition) is 1. The Kier molecular flexibility index (Phi) is 3.53. The highest BCUT2D eigenvalue weighted by Gasteiger charge is 2.57. The summed E-state index contributed by atoms with van der Waals surface area (Å²) in [4.78, 5) is 2.65. The smallest absolute Gasteiger partial charge is 0.124 e. The quantitative estimate of drug-likeness (QED) is 0.923. The van der Waals surface area contributed by atoms with E-state index in [4.69, 9.17) is 4.74 Å². The maximum absolute atomic E-state index is 9.98. The zero-order valence-corrected chi connectivity index (χ0v) is 14.5. The third kappa shape index (κ3) is 2.36. The molecule has 2 aliphatic heterocycles. The molecule has 1 aliphatic carbocycles. The summed E-state index contributed by atoms with van der Waals surface area (Å²) < 4.78 is 6.45. The van der Waals surface area contributed by atoms with Crippen LogP contribution in [0.5, 0.6) is 11.5 Å². The summed E-state index contributed by atoms with van der Waals surface area (Å²) >= 11 is 0. The van der Waals surface area contributed by atoms with Gasteiger partial charge in [-0.2, -0.15) is 0 Å². The Bertz CT molecular complexity index is 775. The normalized spacial score (nSPS) is 30.4. The number of aromatic hydroxyl groups is 1. The highest BCUT2D eigenvalue weighted by Crippen LogP contribution is 2.56. The van der Waals surface area contributed by atoms with Gasteiger partial charge in [-0.25, -0.2) is 0 Å². The largest absolute Gasteiger partial charge is 0.508 e. The molecule has 0 radical (unpaired) electrons. The molecule has 3 aliphatic rings. The summed E-state index contributed by atoms with van der Waals surface area (Å²) in [7, 11) is 0. The molecule has 0 spiro atoms. The number of ether oxygens (including phenoxy) is 1. The van der Waals surface area contributed by atoms with Crippen LogP contribution in [0.1, 0.15) is 36.8 Å². The second-order valence-corrected chi connectivity index (χ2v) is 7.86. The molecule has 25 heavy (non-hydrogen) atoms. The van der Waals surface area contributed by atoms with Gasteiger partial charge in [-0.3, -0.25) is 4.90 Å². The number of likely N-dealkylation sites (tertiary alicyclic amines) is 1. The van der Waals surface area contributed by atoms with Crippen molar-refractivity contribution in [3.63, 3.8) is 0 Å². The molecule has 0 unspecified atom stereocenters. The SMILES string of the molecule is Oc1ccc2c(c1)[C@@]13CCC[C@@H]([C@H]1O2)N(CCc1ccccc1)CC3. The molecule has 0 aromatic heterocycles. The van der Waals surface area contributed by atoms with E-state index in [9.17, 15) is 5.11 Å². The van der Waals surface area contributed by atoms with Gasteiger partial charge >= 0.3 is 0 Å². The van der Waals surface area contributed by atoms with Crippen LogP contribution in [0.3, 0.4) is 0 Å². The summed E-state index contributed by atoms with van der Waals surface area (Å²) in [5.74, 6) is 1.37. The lowest BCUT2D eigenvalue weighted by Gasteiger charge is -2.52. The van der Waals surface area contributed by atoms with E-state index in [2.05, 4.69) is 35.2 Å². The van der Waals surface area contributed by atoms with Crippen molar-refractivity contribution in [3.05, 3.63) is 59.7 Å². The molecule has 3 heteroatoms. The van der Waals surface area contributed by atoms with Gasteiger partial charge in [0.05, 0.1) is 0 Å². The maximum Gasteiger partial charge on any atom is 0.124 e. The van der Waals surface area contributed by atoms with E-state index in [0.717, 1.165) is 31.7 Å². The predicted molar refractivity (Wildman–Crippen MR) is 98.2 cm³/mol. The van der Waals surface area contributed by atoms with Gasteiger partial charge in [0, 0.05) is 23.6 Å². The number of fused-ring (bicyclic) bond motifs is 1. The van der Waals surface area contributed by atoms with Gasteiger partial charge in [0.2, 0.25) is 0 Å².